The van der Waals surface area contributed by atoms with Gasteiger partial charge in [-0.25, -0.2) is 9.78 Å². The van der Waals surface area contributed by atoms with E-state index in [9.17, 15) is 19.7 Å². The average Bonchev–Trinajstić information content (AvgIpc) is 2.67. The zero-order valence-electron chi connectivity index (χ0n) is 14.5. The fourth-order valence-electron chi connectivity index (χ4n) is 2.54. The molecule has 138 valence electrons. The van der Waals surface area contributed by atoms with E-state index in [-0.39, 0.29) is 22.6 Å². The minimum absolute atomic E-state index is 0.0505. The standard InChI is InChI=1S/C18H15N3O5S/c1-10(16-19-13-6-4-3-5-12(13)17(22)20-16)26-18(23)11-7-8-15(27-2)14(9-11)21(24)25/h3-10H,1-2H3,(H,19,20,22)/t10-/m0/s1. The molecule has 0 aliphatic heterocycles. The Morgan fingerprint density at radius 1 is 1.30 bits per heavy atom. The third kappa shape index (κ3) is 3.82. The first-order valence-electron chi connectivity index (χ1n) is 7.93. The van der Waals surface area contributed by atoms with Crippen LogP contribution in [0.1, 0.15) is 29.2 Å². The molecule has 0 unspecified atom stereocenters. The molecule has 0 saturated carbocycles. The lowest BCUT2D eigenvalue weighted by Crippen LogP contribution is -2.17. The van der Waals surface area contributed by atoms with Crippen molar-refractivity contribution in [2.45, 2.75) is 17.9 Å². The number of hydrogen-bond donors (Lipinski definition) is 1. The predicted octanol–water partition coefficient (Wildman–Crippen LogP) is 3.47. The summed E-state index contributed by atoms with van der Waals surface area (Å²) in [4.78, 5) is 42.5. The Bertz CT molecular complexity index is 1100. The summed E-state index contributed by atoms with van der Waals surface area (Å²) in [5.41, 5.74) is 0.0360. The molecule has 0 fully saturated rings. The van der Waals surface area contributed by atoms with Gasteiger partial charge in [-0.2, -0.15) is 0 Å². The molecule has 1 heterocycles. The molecule has 1 N–H and O–H groups in total. The number of carbonyl (C=O) groups excluding carboxylic acids is 1. The van der Waals surface area contributed by atoms with E-state index >= 15 is 0 Å². The van der Waals surface area contributed by atoms with Crippen molar-refractivity contribution in [3.8, 4) is 0 Å². The van der Waals surface area contributed by atoms with E-state index in [4.69, 9.17) is 4.74 Å². The molecule has 3 rings (SSSR count). The molecule has 0 saturated heterocycles. The quantitative estimate of drug-likeness (QED) is 0.309. The molecule has 9 heteroatoms. The smallest absolute Gasteiger partial charge is 0.339 e. The highest BCUT2D eigenvalue weighted by molar-refractivity contribution is 7.98. The fraction of sp³-hybridized carbons (Fsp3) is 0.167. The minimum Gasteiger partial charge on any atom is -0.451 e. The average molecular weight is 385 g/mol. The maximum absolute atomic E-state index is 12.4. The van der Waals surface area contributed by atoms with Crippen LogP contribution in [0.15, 0.2) is 52.2 Å². The molecule has 3 aromatic rings. The SMILES string of the molecule is CSc1ccc(C(=O)O[C@@H](C)c2nc3ccccc3c(=O)[nH]2)cc1[N+](=O)[O-]. The Kier molecular flexibility index (Phi) is 5.22. The Morgan fingerprint density at radius 2 is 2.04 bits per heavy atom. The molecule has 0 bridgehead atoms. The van der Waals surface area contributed by atoms with E-state index in [1.807, 2.05) is 0 Å². The van der Waals surface area contributed by atoms with Crippen LogP contribution in [0.3, 0.4) is 0 Å². The number of nitrogens with one attached hydrogen (secondary N) is 1. The molecular formula is C18H15N3O5S. The number of thioether (sulfide) groups is 1. The number of aromatic nitrogens is 2. The van der Waals surface area contributed by atoms with E-state index in [0.29, 0.717) is 15.8 Å². The number of nitro groups is 1. The summed E-state index contributed by atoms with van der Waals surface area (Å²) in [6.45, 7) is 1.57. The summed E-state index contributed by atoms with van der Waals surface area (Å²) in [6, 6.07) is 11.0. The second-order valence-corrected chi connectivity index (χ2v) is 6.51. The molecule has 0 amide bonds. The molecular weight excluding hydrogens is 370 g/mol. The number of rotatable bonds is 5. The van der Waals surface area contributed by atoms with Gasteiger partial charge >= 0.3 is 5.97 Å². The molecule has 1 aromatic heterocycles. The molecule has 0 radical (unpaired) electrons. The van der Waals surface area contributed by atoms with Gasteiger partial charge in [0.1, 0.15) is 0 Å². The largest absolute Gasteiger partial charge is 0.451 e. The maximum atomic E-state index is 12.4. The van der Waals surface area contributed by atoms with Crippen LogP contribution in [0, 0.1) is 10.1 Å². The summed E-state index contributed by atoms with van der Waals surface area (Å²) in [7, 11) is 0. The number of hydrogen-bond acceptors (Lipinski definition) is 7. The van der Waals surface area contributed by atoms with Crippen LogP contribution >= 0.6 is 11.8 Å². The Balaban J connectivity index is 1.87. The third-order valence-electron chi connectivity index (χ3n) is 3.91. The van der Waals surface area contributed by atoms with Crippen LogP contribution in [-0.2, 0) is 4.74 Å². The van der Waals surface area contributed by atoms with Crippen molar-refractivity contribution in [2.75, 3.05) is 6.26 Å². The molecule has 1 atom stereocenters. The summed E-state index contributed by atoms with van der Waals surface area (Å²) in [5.74, 6) is -0.545. The summed E-state index contributed by atoms with van der Waals surface area (Å²) >= 11 is 1.21. The minimum atomic E-state index is -0.839. The maximum Gasteiger partial charge on any atom is 0.339 e. The normalized spacial score (nSPS) is 11.9. The number of nitro benzene ring substituents is 1. The number of ether oxygens (including phenoxy) is 1. The van der Waals surface area contributed by atoms with Crippen molar-refractivity contribution >= 4 is 34.3 Å². The van der Waals surface area contributed by atoms with Crippen molar-refractivity contribution in [1.29, 1.82) is 0 Å². The number of H-pyrrole nitrogens is 1. The highest BCUT2D eigenvalue weighted by atomic mass is 32.2. The van der Waals surface area contributed by atoms with E-state index in [2.05, 4.69) is 9.97 Å². The first-order valence-corrected chi connectivity index (χ1v) is 9.15. The zero-order valence-corrected chi connectivity index (χ0v) is 15.3. The Labute approximate surface area is 157 Å². The van der Waals surface area contributed by atoms with Crippen molar-refractivity contribution < 1.29 is 14.5 Å². The zero-order chi connectivity index (χ0) is 19.6. The van der Waals surface area contributed by atoms with Crippen LogP contribution < -0.4 is 5.56 Å². The Morgan fingerprint density at radius 3 is 2.74 bits per heavy atom. The predicted molar refractivity (Wildman–Crippen MR) is 101 cm³/mol. The Hall–Kier alpha value is -3.20. The van der Waals surface area contributed by atoms with Gasteiger partial charge < -0.3 is 9.72 Å². The van der Waals surface area contributed by atoms with Crippen molar-refractivity contribution in [3.05, 3.63) is 74.3 Å². The topological polar surface area (TPSA) is 115 Å². The van der Waals surface area contributed by atoms with Crippen molar-refractivity contribution in [2.24, 2.45) is 0 Å². The van der Waals surface area contributed by atoms with Gasteiger partial charge in [0.05, 0.1) is 26.3 Å². The molecule has 27 heavy (non-hydrogen) atoms. The fourth-order valence-corrected chi connectivity index (χ4v) is 3.09. The van der Waals surface area contributed by atoms with E-state index in [0.717, 1.165) is 0 Å². The van der Waals surface area contributed by atoms with Crippen LogP contribution in [0.5, 0.6) is 0 Å². The van der Waals surface area contributed by atoms with Crippen molar-refractivity contribution in [1.82, 2.24) is 9.97 Å². The van der Waals surface area contributed by atoms with Gasteiger partial charge in [-0.05, 0) is 37.4 Å². The van der Waals surface area contributed by atoms with Gasteiger partial charge in [0, 0.05) is 6.07 Å². The lowest BCUT2D eigenvalue weighted by Gasteiger charge is -2.13. The highest BCUT2D eigenvalue weighted by Crippen LogP contribution is 2.29. The lowest BCUT2D eigenvalue weighted by molar-refractivity contribution is -0.387. The summed E-state index contributed by atoms with van der Waals surface area (Å²) in [5, 5.41) is 11.6. The van der Waals surface area contributed by atoms with Gasteiger partial charge in [0.25, 0.3) is 11.2 Å². The monoisotopic (exact) mass is 385 g/mol. The number of fused-ring (bicyclic) bond motifs is 1. The van der Waals surface area contributed by atoms with Gasteiger partial charge in [0.15, 0.2) is 11.9 Å². The molecule has 2 aromatic carbocycles. The highest BCUT2D eigenvalue weighted by Gasteiger charge is 2.21. The van der Waals surface area contributed by atoms with E-state index in [1.165, 1.54) is 30.0 Å². The number of aromatic amines is 1. The molecule has 8 nitrogen and oxygen atoms in total. The summed E-state index contributed by atoms with van der Waals surface area (Å²) < 4.78 is 5.33. The number of nitrogens with zero attached hydrogens (tertiary/aromatic N) is 2. The van der Waals surface area contributed by atoms with Gasteiger partial charge in [-0.15, -0.1) is 11.8 Å². The van der Waals surface area contributed by atoms with E-state index in [1.54, 1.807) is 37.4 Å². The summed E-state index contributed by atoms with van der Waals surface area (Å²) in [6.07, 6.45) is 0.874. The first-order chi connectivity index (χ1) is 12.9. The van der Waals surface area contributed by atoms with Crippen molar-refractivity contribution in [3.63, 3.8) is 0 Å². The van der Waals surface area contributed by atoms with Crippen LogP contribution in [0.4, 0.5) is 5.69 Å². The molecule has 0 spiro atoms. The second kappa shape index (κ2) is 7.58. The van der Waals surface area contributed by atoms with Gasteiger partial charge in [-0.1, -0.05) is 12.1 Å². The molecule has 0 aliphatic carbocycles. The number of para-hydroxylation sites is 1. The lowest BCUT2D eigenvalue weighted by atomic mass is 10.2. The molecule has 0 aliphatic rings. The second-order valence-electron chi connectivity index (χ2n) is 5.66. The van der Waals surface area contributed by atoms with Gasteiger partial charge in [-0.3, -0.25) is 14.9 Å². The number of benzene rings is 2. The van der Waals surface area contributed by atoms with Crippen LogP contribution in [0.25, 0.3) is 10.9 Å². The number of esters is 1. The van der Waals surface area contributed by atoms with Crippen LogP contribution in [-0.4, -0.2) is 27.1 Å². The van der Waals surface area contributed by atoms with Crippen LogP contribution in [0.2, 0.25) is 0 Å². The first kappa shape index (κ1) is 18.6. The third-order valence-corrected chi connectivity index (χ3v) is 4.70. The van der Waals surface area contributed by atoms with E-state index < -0.39 is 17.0 Å². The number of carbonyl (C=O) groups is 1. The van der Waals surface area contributed by atoms with Gasteiger partial charge in [0.2, 0.25) is 0 Å².